The van der Waals surface area contributed by atoms with E-state index in [-0.39, 0.29) is 18.1 Å². The van der Waals surface area contributed by atoms with Gasteiger partial charge in [0, 0.05) is 15.4 Å². The van der Waals surface area contributed by atoms with E-state index in [0.717, 1.165) is 21.8 Å². The Kier molecular flexibility index (Phi) is 3.72. The number of furan rings is 1. The molecule has 0 bridgehead atoms. The molecule has 3 rings (SSSR count). The Morgan fingerprint density at radius 1 is 1.41 bits per heavy atom. The second kappa shape index (κ2) is 5.43. The van der Waals surface area contributed by atoms with E-state index in [1.165, 1.54) is 0 Å². The van der Waals surface area contributed by atoms with Gasteiger partial charge in [0.2, 0.25) is 0 Å². The SMILES string of the molecule is Cc1c(C(=O)NC2(CC(=O)O)CCC2)oc2ccc(Br)cc12. The minimum absolute atomic E-state index is 0.0520. The number of aryl methyl sites for hydroxylation is 1. The van der Waals surface area contributed by atoms with Crippen LogP contribution < -0.4 is 5.32 Å². The van der Waals surface area contributed by atoms with Gasteiger partial charge in [0.05, 0.1) is 12.0 Å². The highest BCUT2D eigenvalue weighted by Crippen LogP contribution is 2.36. The number of carboxylic acids is 1. The van der Waals surface area contributed by atoms with E-state index < -0.39 is 11.5 Å². The third-order valence-electron chi connectivity index (χ3n) is 4.28. The van der Waals surface area contributed by atoms with Crippen LogP contribution in [0.5, 0.6) is 0 Å². The van der Waals surface area contributed by atoms with E-state index in [4.69, 9.17) is 9.52 Å². The summed E-state index contributed by atoms with van der Waals surface area (Å²) < 4.78 is 6.57. The lowest BCUT2D eigenvalue weighted by molar-refractivity contribution is -0.139. The van der Waals surface area contributed by atoms with Crippen molar-refractivity contribution in [3.63, 3.8) is 0 Å². The quantitative estimate of drug-likeness (QED) is 0.866. The highest BCUT2D eigenvalue weighted by atomic mass is 79.9. The Morgan fingerprint density at radius 3 is 2.73 bits per heavy atom. The lowest BCUT2D eigenvalue weighted by atomic mass is 9.74. The Balaban J connectivity index is 1.89. The monoisotopic (exact) mass is 365 g/mol. The molecule has 22 heavy (non-hydrogen) atoms. The fourth-order valence-electron chi connectivity index (χ4n) is 2.95. The highest BCUT2D eigenvalue weighted by molar-refractivity contribution is 9.10. The summed E-state index contributed by atoms with van der Waals surface area (Å²) in [6.07, 6.45) is 2.26. The molecule has 1 amide bonds. The van der Waals surface area contributed by atoms with Crippen molar-refractivity contribution in [3.8, 4) is 0 Å². The molecule has 1 saturated carbocycles. The Morgan fingerprint density at radius 2 is 2.14 bits per heavy atom. The Labute approximate surface area is 135 Å². The maximum Gasteiger partial charge on any atom is 0.305 e. The molecule has 1 fully saturated rings. The predicted octanol–water partition coefficient (Wildman–Crippen LogP) is 3.63. The van der Waals surface area contributed by atoms with Crippen molar-refractivity contribution >= 4 is 38.8 Å². The molecule has 0 radical (unpaired) electrons. The van der Waals surface area contributed by atoms with E-state index >= 15 is 0 Å². The van der Waals surface area contributed by atoms with Crippen molar-refractivity contribution in [2.24, 2.45) is 0 Å². The van der Waals surface area contributed by atoms with Crippen LogP contribution in [0.15, 0.2) is 27.1 Å². The number of carbonyl (C=O) groups is 2. The van der Waals surface area contributed by atoms with Gasteiger partial charge in [0.15, 0.2) is 5.76 Å². The van der Waals surface area contributed by atoms with Crippen LogP contribution in [0, 0.1) is 6.92 Å². The molecule has 2 aromatic rings. The Hall–Kier alpha value is -1.82. The zero-order valence-corrected chi connectivity index (χ0v) is 13.7. The van der Waals surface area contributed by atoms with Gasteiger partial charge in [-0.1, -0.05) is 15.9 Å². The second-order valence-electron chi connectivity index (χ2n) is 5.86. The third kappa shape index (κ3) is 2.63. The number of fused-ring (bicyclic) bond motifs is 1. The summed E-state index contributed by atoms with van der Waals surface area (Å²) in [5.41, 5.74) is 0.778. The summed E-state index contributed by atoms with van der Waals surface area (Å²) in [4.78, 5) is 23.5. The molecular weight excluding hydrogens is 350 g/mol. The molecule has 0 atom stereocenters. The standard InChI is InChI=1S/C16H16BrNO4/c1-9-11-7-10(17)3-4-12(11)22-14(9)15(21)18-16(5-2-6-16)8-13(19)20/h3-4,7H,2,5-6,8H2,1H3,(H,18,21)(H,19,20). The molecule has 2 N–H and O–H groups in total. The van der Waals surface area contributed by atoms with Crippen LogP contribution >= 0.6 is 15.9 Å². The summed E-state index contributed by atoms with van der Waals surface area (Å²) >= 11 is 3.40. The van der Waals surface area contributed by atoms with Gasteiger partial charge in [-0.25, -0.2) is 0 Å². The zero-order chi connectivity index (χ0) is 15.9. The average Bonchev–Trinajstić information content (AvgIpc) is 2.73. The first-order valence-corrected chi connectivity index (χ1v) is 7.92. The van der Waals surface area contributed by atoms with Crippen LogP contribution in [-0.4, -0.2) is 22.5 Å². The largest absolute Gasteiger partial charge is 0.481 e. The number of rotatable bonds is 4. The molecule has 0 aliphatic heterocycles. The molecule has 1 aliphatic carbocycles. The van der Waals surface area contributed by atoms with Crippen LogP contribution in [0.4, 0.5) is 0 Å². The minimum Gasteiger partial charge on any atom is -0.481 e. The lowest BCUT2D eigenvalue weighted by Gasteiger charge is -2.41. The number of hydrogen-bond acceptors (Lipinski definition) is 3. The van der Waals surface area contributed by atoms with Crippen LogP contribution in [0.1, 0.15) is 41.8 Å². The maximum atomic E-state index is 12.5. The number of nitrogens with one attached hydrogen (secondary N) is 1. The van der Waals surface area contributed by atoms with E-state index in [1.54, 1.807) is 6.07 Å². The number of amides is 1. The predicted molar refractivity (Wildman–Crippen MR) is 85.0 cm³/mol. The molecule has 1 aromatic carbocycles. The zero-order valence-electron chi connectivity index (χ0n) is 12.1. The van der Waals surface area contributed by atoms with Crippen LogP contribution in [-0.2, 0) is 4.79 Å². The van der Waals surface area contributed by atoms with Gasteiger partial charge in [0.25, 0.3) is 5.91 Å². The second-order valence-corrected chi connectivity index (χ2v) is 6.77. The molecule has 1 heterocycles. The van der Waals surface area contributed by atoms with Gasteiger partial charge in [-0.2, -0.15) is 0 Å². The number of benzene rings is 1. The molecule has 5 nitrogen and oxygen atoms in total. The summed E-state index contributed by atoms with van der Waals surface area (Å²) in [7, 11) is 0. The highest BCUT2D eigenvalue weighted by Gasteiger charge is 2.41. The van der Waals surface area contributed by atoms with Crippen molar-refractivity contribution in [2.75, 3.05) is 0 Å². The van der Waals surface area contributed by atoms with Crippen LogP contribution in [0.2, 0.25) is 0 Å². The number of halogens is 1. The van der Waals surface area contributed by atoms with Crippen molar-refractivity contribution < 1.29 is 19.1 Å². The molecule has 0 unspecified atom stereocenters. The first-order valence-electron chi connectivity index (χ1n) is 7.13. The lowest BCUT2D eigenvalue weighted by Crippen LogP contribution is -2.54. The van der Waals surface area contributed by atoms with E-state index in [1.807, 2.05) is 19.1 Å². The number of carbonyl (C=O) groups excluding carboxylic acids is 1. The van der Waals surface area contributed by atoms with Crippen LogP contribution in [0.25, 0.3) is 11.0 Å². The molecule has 1 aliphatic rings. The summed E-state index contributed by atoms with van der Waals surface area (Å²) in [6.45, 7) is 1.83. The van der Waals surface area contributed by atoms with Crippen molar-refractivity contribution in [1.29, 1.82) is 0 Å². The summed E-state index contributed by atoms with van der Waals surface area (Å²) in [6, 6.07) is 5.56. The summed E-state index contributed by atoms with van der Waals surface area (Å²) in [5, 5.41) is 12.8. The first-order chi connectivity index (χ1) is 10.4. The first kappa shape index (κ1) is 15.1. The molecule has 116 valence electrons. The topological polar surface area (TPSA) is 79.5 Å². The van der Waals surface area contributed by atoms with Gasteiger partial charge >= 0.3 is 5.97 Å². The van der Waals surface area contributed by atoms with Gasteiger partial charge in [0.1, 0.15) is 5.58 Å². The number of hydrogen-bond donors (Lipinski definition) is 2. The maximum absolute atomic E-state index is 12.5. The minimum atomic E-state index is -0.898. The van der Waals surface area contributed by atoms with Gasteiger partial charge < -0.3 is 14.8 Å². The molecule has 1 aromatic heterocycles. The average molecular weight is 366 g/mol. The van der Waals surface area contributed by atoms with Crippen molar-refractivity contribution in [2.45, 2.75) is 38.1 Å². The van der Waals surface area contributed by atoms with Gasteiger partial charge in [-0.3, -0.25) is 9.59 Å². The fraction of sp³-hybridized carbons (Fsp3) is 0.375. The van der Waals surface area contributed by atoms with Gasteiger partial charge in [-0.05, 0) is 44.4 Å². The van der Waals surface area contributed by atoms with E-state index in [2.05, 4.69) is 21.2 Å². The van der Waals surface area contributed by atoms with Crippen molar-refractivity contribution in [3.05, 3.63) is 34.0 Å². The molecule has 0 saturated heterocycles. The normalized spacial score (nSPS) is 16.3. The smallest absolute Gasteiger partial charge is 0.305 e. The van der Waals surface area contributed by atoms with E-state index in [0.29, 0.717) is 18.4 Å². The van der Waals surface area contributed by atoms with Crippen LogP contribution in [0.3, 0.4) is 0 Å². The molecule has 6 heteroatoms. The van der Waals surface area contributed by atoms with Gasteiger partial charge in [-0.15, -0.1) is 0 Å². The number of carboxylic acid groups (broad SMARTS) is 1. The number of aliphatic carboxylic acids is 1. The molecular formula is C16H16BrNO4. The van der Waals surface area contributed by atoms with E-state index in [9.17, 15) is 9.59 Å². The third-order valence-corrected chi connectivity index (χ3v) is 4.78. The Bertz CT molecular complexity index is 761. The molecule has 0 spiro atoms. The fourth-order valence-corrected chi connectivity index (χ4v) is 3.31. The van der Waals surface area contributed by atoms with Crippen molar-refractivity contribution in [1.82, 2.24) is 5.32 Å². The summed E-state index contributed by atoms with van der Waals surface area (Å²) in [5.74, 6) is -0.985.